The minimum atomic E-state index is -0.236. The number of pyridine rings is 1. The number of thioether (sulfide) groups is 1. The molecule has 1 aliphatic rings. The lowest BCUT2D eigenvalue weighted by atomic mass is 10.2. The van der Waals surface area contributed by atoms with Crippen LogP contribution >= 0.6 is 11.8 Å². The van der Waals surface area contributed by atoms with Gasteiger partial charge in [0.1, 0.15) is 5.75 Å². The lowest BCUT2D eigenvalue weighted by Crippen LogP contribution is -2.34. The minimum Gasteiger partial charge on any atom is -0.497 e. The molecule has 3 aromatic rings. The van der Waals surface area contributed by atoms with Crippen molar-refractivity contribution in [1.82, 2.24) is 24.6 Å². The number of hydrogen-bond donors (Lipinski definition) is 0. The number of carbonyl (C=O) groups excluding carboxylic acids is 1. The zero-order valence-corrected chi connectivity index (χ0v) is 17.3. The Morgan fingerprint density at radius 3 is 2.41 bits per heavy atom. The SMILES string of the molecule is COc1ccc(-n2c(S[C@H](C)C(=O)N3CCCC3)nnc2-c2ccncc2)cc1. The number of likely N-dealkylation sites (tertiary alicyclic amines) is 1. The molecule has 7 nitrogen and oxygen atoms in total. The van der Waals surface area contributed by atoms with Gasteiger partial charge in [-0.3, -0.25) is 14.3 Å². The molecule has 0 saturated carbocycles. The van der Waals surface area contributed by atoms with E-state index in [2.05, 4.69) is 15.2 Å². The monoisotopic (exact) mass is 409 g/mol. The van der Waals surface area contributed by atoms with Gasteiger partial charge in [-0.2, -0.15) is 0 Å². The van der Waals surface area contributed by atoms with Crippen LogP contribution in [0.3, 0.4) is 0 Å². The second-order valence-electron chi connectivity index (χ2n) is 6.87. The van der Waals surface area contributed by atoms with Crippen LogP contribution < -0.4 is 4.74 Å². The maximum Gasteiger partial charge on any atom is 0.235 e. The summed E-state index contributed by atoms with van der Waals surface area (Å²) in [5, 5.41) is 9.28. The quantitative estimate of drug-likeness (QED) is 0.581. The summed E-state index contributed by atoms with van der Waals surface area (Å²) in [5.74, 6) is 1.64. The maximum atomic E-state index is 12.8. The zero-order chi connectivity index (χ0) is 20.2. The fourth-order valence-electron chi connectivity index (χ4n) is 3.40. The first-order valence-electron chi connectivity index (χ1n) is 9.63. The molecule has 0 N–H and O–H groups in total. The zero-order valence-electron chi connectivity index (χ0n) is 16.5. The fraction of sp³-hybridized carbons (Fsp3) is 0.333. The number of amides is 1. The molecular weight excluding hydrogens is 386 g/mol. The van der Waals surface area contributed by atoms with Crippen molar-refractivity contribution in [1.29, 1.82) is 0 Å². The van der Waals surface area contributed by atoms with Gasteiger partial charge in [-0.05, 0) is 56.2 Å². The van der Waals surface area contributed by atoms with E-state index in [4.69, 9.17) is 4.74 Å². The van der Waals surface area contributed by atoms with Crippen LogP contribution in [0.15, 0.2) is 53.9 Å². The standard InChI is InChI=1S/C21H23N5O2S/c1-15(20(27)25-13-3-4-14-25)29-21-24-23-19(16-9-11-22-12-10-16)26(21)17-5-7-18(28-2)8-6-17/h5-12,15H,3-4,13-14H2,1-2H3/t15-/m1/s1. The van der Waals surface area contributed by atoms with Crippen LogP contribution in [-0.2, 0) is 4.79 Å². The van der Waals surface area contributed by atoms with Crippen LogP contribution in [0.25, 0.3) is 17.1 Å². The fourth-order valence-corrected chi connectivity index (χ4v) is 4.35. The Labute approximate surface area is 174 Å². The molecular formula is C21H23N5O2S. The third kappa shape index (κ3) is 4.12. The Hall–Kier alpha value is -2.87. The van der Waals surface area contributed by atoms with Crippen molar-refractivity contribution in [3.05, 3.63) is 48.8 Å². The predicted molar refractivity (Wildman–Crippen MR) is 112 cm³/mol. The van der Waals surface area contributed by atoms with Gasteiger partial charge in [0.2, 0.25) is 5.91 Å². The molecule has 29 heavy (non-hydrogen) atoms. The van der Waals surface area contributed by atoms with Crippen molar-refractivity contribution in [2.24, 2.45) is 0 Å². The number of carbonyl (C=O) groups is 1. The van der Waals surface area contributed by atoms with Gasteiger partial charge in [0.05, 0.1) is 12.4 Å². The van der Waals surface area contributed by atoms with Crippen LogP contribution in [-0.4, -0.2) is 56.0 Å². The van der Waals surface area contributed by atoms with Crippen LogP contribution in [0, 0.1) is 0 Å². The summed E-state index contributed by atoms with van der Waals surface area (Å²) in [5.41, 5.74) is 1.82. The topological polar surface area (TPSA) is 73.1 Å². The first-order chi connectivity index (χ1) is 14.2. The molecule has 1 atom stereocenters. The third-order valence-electron chi connectivity index (χ3n) is 4.95. The Morgan fingerprint density at radius 2 is 1.76 bits per heavy atom. The molecule has 1 aliphatic heterocycles. The molecule has 1 aromatic carbocycles. The number of rotatable bonds is 6. The molecule has 0 spiro atoms. The van der Waals surface area contributed by atoms with E-state index in [1.807, 2.05) is 52.8 Å². The van der Waals surface area contributed by atoms with E-state index in [0.717, 1.165) is 42.9 Å². The molecule has 4 rings (SSSR count). The minimum absolute atomic E-state index is 0.155. The van der Waals surface area contributed by atoms with Gasteiger partial charge >= 0.3 is 0 Å². The van der Waals surface area contributed by atoms with E-state index < -0.39 is 0 Å². The van der Waals surface area contributed by atoms with Gasteiger partial charge in [-0.25, -0.2) is 0 Å². The van der Waals surface area contributed by atoms with Crippen molar-refractivity contribution in [3.8, 4) is 22.8 Å². The van der Waals surface area contributed by atoms with E-state index in [0.29, 0.717) is 11.0 Å². The highest BCUT2D eigenvalue weighted by Gasteiger charge is 2.26. The van der Waals surface area contributed by atoms with Crippen LogP contribution in [0.2, 0.25) is 0 Å². The molecule has 8 heteroatoms. The Balaban J connectivity index is 1.69. The van der Waals surface area contributed by atoms with E-state index in [1.165, 1.54) is 11.8 Å². The number of benzene rings is 1. The highest BCUT2D eigenvalue weighted by molar-refractivity contribution is 8.00. The molecule has 1 amide bonds. The second-order valence-corrected chi connectivity index (χ2v) is 8.18. The summed E-state index contributed by atoms with van der Waals surface area (Å²) in [7, 11) is 1.64. The van der Waals surface area contributed by atoms with Crippen molar-refractivity contribution in [2.45, 2.75) is 30.2 Å². The highest BCUT2D eigenvalue weighted by Crippen LogP contribution is 2.31. The van der Waals surface area contributed by atoms with E-state index in [1.54, 1.807) is 19.5 Å². The van der Waals surface area contributed by atoms with Gasteiger partial charge < -0.3 is 9.64 Å². The summed E-state index contributed by atoms with van der Waals surface area (Å²) in [6.45, 7) is 3.62. The van der Waals surface area contributed by atoms with Crippen molar-refractivity contribution in [3.63, 3.8) is 0 Å². The summed E-state index contributed by atoms with van der Waals surface area (Å²) >= 11 is 1.44. The van der Waals surface area contributed by atoms with Gasteiger partial charge in [-0.1, -0.05) is 11.8 Å². The lowest BCUT2D eigenvalue weighted by Gasteiger charge is -2.20. The lowest BCUT2D eigenvalue weighted by molar-refractivity contribution is -0.129. The third-order valence-corrected chi connectivity index (χ3v) is 5.98. The number of aromatic nitrogens is 4. The summed E-state index contributed by atoms with van der Waals surface area (Å²) in [4.78, 5) is 18.8. The molecule has 3 heterocycles. The molecule has 0 aliphatic carbocycles. The molecule has 0 unspecified atom stereocenters. The smallest absolute Gasteiger partial charge is 0.235 e. The van der Waals surface area contributed by atoms with Crippen LogP contribution in [0.5, 0.6) is 5.75 Å². The van der Waals surface area contributed by atoms with Crippen LogP contribution in [0.4, 0.5) is 0 Å². The molecule has 150 valence electrons. The predicted octanol–water partition coefficient (Wildman–Crippen LogP) is 3.44. The van der Waals surface area contributed by atoms with Gasteiger partial charge in [0, 0.05) is 36.7 Å². The first kappa shape index (κ1) is 19.4. The molecule has 1 saturated heterocycles. The van der Waals surface area contributed by atoms with E-state index in [-0.39, 0.29) is 11.2 Å². The number of hydrogen-bond acceptors (Lipinski definition) is 6. The first-order valence-corrected chi connectivity index (χ1v) is 10.5. The second kappa shape index (κ2) is 8.65. The average molecular weight is 410 g/mol. The molecule has 1 fully saturated rings. The average Bonchev–Trinajstić information content (AvgIpc) is 3.44. The Kier molecular flexibility index (Phi) is 5.80. The molecule has 0 radical (unpaired) electrons. The van der Waals surface area contributed by atoms with E-state index in [9.17, 15) is 4.79 Å². The number of methoxy groups -OCH3 is 1. The van der Waals surface area contributed by atoms with Crippen molar-refractivity contribution < 1.29 is 9.53 Å². The van der Waals surface area contributed by atoms with Gasteiger partial charge in [0.25, 0.3) is 0 Å². The van der Waals surface area contributed by atoms with E-state index >= 15 is 0 Å². The van der Waals surface area contributed by atoms with Gasteiger partial charge in [-0.15, -0.1) is 10.2 Å². The van der Waals surface area contributed by atoms with Gasteiger partial charge in [0.15, 0.2) is 11.0 Å². The maximum absolute atomic E-state index is 12.8. The highest BCUT2D eigenvalue weighted by atomic mass is 32.2. The molecule has 2 aromatic heterocycles. The summed E-state index contributed by atoms with van der Waals surface area (Å²) in [6, 6.07) is 11.5. The van der Waals surface area contributed by atoms with Crippen molar-refractivity contribution >= 4 is 17.7 Å². The molecule has 0 bridgehead atoms. The Morgan fingerprint density at radius 1 is 1.07 bits per heavy atom. The van der Waals surface area contributed by atoms with Crippen molar-refractivity contribution in [2.75, 3.05) is 20.2 Å². The normalized spacial score (nSPS) is 14.8. The number of ether oxygens (including phenoxy) is 1. The largest absolute Gasteiger partial charge is 0.497 e. The number of nitrogens with zero attached hydrogens (tertiary/aromatic N) is 5. The Bertz CT molecular complexity index is 968. The summed E-state index contributed by atoms with van der Waals surface area (Å²) < 4.78 is 7.26. The summed E-state index contributed by atoms with van der Waals surface area (Å²) in [6.07, 6.45) is 5.62. The van der Waals surface area contributed by atoms with Crippen LogP contribution in [0.1, 0.15) is 19.8 Å².